The Morgan fingerprint density at radius 2 is 1.48 bits per heavy atom. The molecule has 2 aromatic rings. The molecule has 0 bridgehead atoms. The van der Waals surface area contributed by atoms with E-state index in [1.165, 1.54) is 46.8 Å². The molecule has 2 rings (SSSR count). The zero-order chi connectivity index (χ0) is 18.7. The second-order valence-electron chi connectivity index (χ2n) is 5.18. The van der Waals surface area contributed by atoms with Crippen molar-refractivity contribution in [3.05, 3.63) is 54.3 Å². The first-order chi connectivity index (χ1) is 11.7. The van der Waals surface area contributed by atoms with Crippen LogP contribution < -0.4 is 4.72 Å². The standard InChI is InChI=1S/C16H19FN2O4S2/c1-3-19(4-2)25(22,23)16-10-8-15(9-11-16)24(20,21)18-14-7-5-6-13(17)12-14/h5-12,18H,3-4H2,1-2H3. The molecule has 0 aromatic heterocycles. The van der Waals surface area contributed by atoms with Gasteiger partial charge >= 0.3 is 0 Å². The third-order valence-electron chi connectivity index (χ3n) is 3.55. The van der Waals surface area contributed by atoms with Crippen molar-refractivity contribution >= 4 is 25.7 Å². The number of anilines is 1. The van der Waals surface area contributed by atoms with Crippen molar-refractivity contribution in [2.75, 3.05) is 17.8 Å². The molecular formula is C16H19FN2O4S2. The monoisotopic (exact) mass is 386 g/mol. The van der Waals surface area contributed by atoms with E-state index in [0.29, 0.717) is 13.1 Å². The van der Waals surface area contributed by atoms with Crippen molar-refractivity contribution in [3.8, 4) is 0 Å². The first kappa shape index (κ1) is 19.4. The second kappa shape index (κ2) is 7.51. The van der Waals surface area contributed by atoms with Gasteiger partial charge in [-0.2, -0.15) is 4.31 Å². The summed E-state index contributed by atoms with van der Waals surface area (Å²) in [6.07, 6.45) is 0. The highest BCUT2D eigenvalue weighted by Gasteiger charge is 2.22. The molecule has 0 aliphatic heterocycles. The summed E-state index contributed by atoms with van der Waals surface area (Å²) < 4.78 is 66.2. The van der Waals surface area contributed by atoms with Crippen LogP contribution in [0.25, 0.3) is 0 Å². The van der Waals surface area contributed by atoms with Gasteiger partial charge in [-0.3, -0.25) is 4.72 Å². The molecule has 1 N–H and O–H groups in total. The van der Waals surface area contributed by atoms with E-state index in [4.69, 9.17) is 0 Å². The maximum atomic E-state index is 13.2. The predicted molar refractivity (Wildman–Crippen MR) is 93.8 cm³/mol. The highest BCUT2D eigenvalue weighted by atomic mass is 32.2. The summed E-state index contributed by atoms with van der Waals surface area (Å²) in [6, 6.07) is 9.95. The van der Waals surface area contributed by atoms with Gasteiger partial charge in [-0.25, -0.2) is 21.2 Å². The average Bonchev–Trinajstić information content (AvgIpc) is 2.55. The maximum absolute atomic E-state index is 13.2. The summed E-state index contributed by atoms with van der Waals surface area (Å²) in [4.78, 5) is -0.101. The number of hydrogen-bond donors (Lipinski definition) is 1. The minimum atomic E-state index is -3.95. The molecule has 0 heterocycles. The van der Waals surface area contributed by atoms with E-state index in [9.17, 15) is 21.2 Å². The minimum absolute atomic E-state index is 0.0147. The Hall–Kier alpha value is -1.97. The normalized spacial score (nSPS) is 12.3. The van der Waals surface area contributed by atoms with Crippen LogP contribution in [0.4, 0.5) is 10.1 Å². The van der Waals surface area contributed by atoms with Crippen molar-refractivity contribution in [3.63, 3.8) is 0 Å². The number of nitrogens with zero attached hydrogens (tertiary/aromatic N) is 1. The molecular weight excluding hydrogens is 367 g/mol. The largest absolute Gasteiger partial charge is 0.280 e. The SMILES string of the molecule is CCN(CC)S(=O)(=O)c1ccc(S(=O)(=O)Nc2cccc(F)c2)cc1. The van der Waals surface area contributed by atoms with E-state index in [2.05, 4.69) is 4.72 Å². The van der Waals surface area contributed by atoms with E-state index in [1.54, 1.807) is 13.8 Å². The fourth-order valence-corrected chi connectivity index (χ4v) is 4.78. The first-order valence-corrected chi connectivity index (χ1v) is 10.5. The molecule has 0 aliphatic carbocycles. The lowest BCUT2D eigenvalue weighted by molar-refractivity contribution is 0.445. The molecule has 0 saturated carbocycles. The van der Waals surface area contributed by atoms with Crippen LogP contribution in [0.1, 0.15) is 13.8 Å². The number of nitrogens with one attached hydrogen (secondary N) is 1. The van der Waals surface area contributed by atoms with E-state index in [1.807, 2.05) is 0 Å². The van der Waals surface area contributed by atoms with Gasteiger partial charge in [-0.1, -0.05) is 19.9 Å². The highest BCUT2D eigenvalue weighted by molar-refractivity contribution is 7.92. The van der Waals surface area contributed by atoms with E-state index >= 15 is 0 Å². The number of sulfonamides is 2. The molecule has 0 atom stereocenters. The van der Waals surface area contributed by atoms with Crippen LogP contribution in [-0.4, -0.2) is 34.2 Å². The van der Waals surface area contributed by atoms with Gasteiger partial charge in [0.1, 0.15) is 5.82 Å². The third kappa shape index (κ3) is 4.36. The lowest BCUT2D eigenvalue weighted by Crippen LogP contribution is -2.30. The average molecular weight is 386 g/mol. The van der Waals surface area contributed by atoms with Crippen molar-refractivity contribution in [2.24, 2.45) is 0 Å². The Labute approximate surface area is 147 Å². The summed E-state index contributed by atoms with van der Waals surface area (Å²) in [5, 5.41) is 0. The molecule has 0 spiro atoms. The Balaban J connectivity index is 2.30. The van der Waals surface area contributed by atoms with Crippen LogP contribution in [0.5, 0.6) is 0 Å². The molecule has 0 aliphatic rings. The molecule has 2 aromatic carbocycles. The minimum Gasteiger partial charge on any atom is -0.280 e. The summed E-state index contributed by atoms with van der Waals surface area (Å²) in [6.45, 7) is 4.09. The maximum Gasteiger partial charge on any atom is 0.261 e. The zero-order valence-electron chi connectivity index (χ0n) is 13.8. The summed E-state index contributed by atoms with van der Waals surface area (Å²) in [5.41, 5.74) is 0.0832. The van der Waals surface area contributed by atoms with E-state index in [0.717, 1.165) is 6.07 Å². The number of halogens is 1. The fourth-order valence-electron chi connectivity index (χ4n) is 2.27. The number of rotatable bonds is 7. The van der Waals surface area contributed by atoms with Crippen LogP contribution in [0.15, 0.2) is 58.3 Å². The lowest BCUT2D eigenvalue weighted by atomic mass is 10.3. The van der Waals surface area contributed by atoms with Gasteiger partial charge in [-0.05, 0) is 42.5 Å². The van der Waals surface area contributed by atoms with Crippen LogP contribution in [0, 0.1) is 5.82 Å². The molecule has 25 heavy (non-hydrogen) atoms. The molecule has 0 radical (unpaired) electrons. The van der Waals surface area contributed by atoms with Gasteiger partial charge in [0.2, 0.25) is 10.0 Å². The summed E-state index contributed by atoms with van der Waals surface area (Å²) in [5.74, 6) is -0.569. The van der Waals surface area contributed by atoms with Gasteiger partial charge in [0, 0.05) is 13.1 Å². The zero-order valence-corrected chi connectivity index (χ0v) is 15.4. The van der Waals surface area contributed by atoms with Crippen LogP contribution in [0.2, 0.25) is 0 Å². The Morgan fingerprint density at radius 1 is 0.920 bits per heavy atom. The van der Waals surface area contributed by atoms with E-state index in [-0.39, 0.29) is 15.5 Å². The van der Waals surface area contributed by atoms with Gasteiger partial charge < -0.3 is 0 Å². The smallest absolute Gasteiger partial charge is 0.261 e. The summed E-state index contributed by atoms with van der Waals surface area (Å²) in [7, 11) is -7.61. The Bertz CT molecular complexity index is 938. The Morgan fingerprint density at radius 3 is 2.00 bits per heavy atom. The second-order valence-corrected chi connectivity index (χ2v) is 8.80. The van der Waals surface area contributed by atoms with Crippen LogP contribution >= 0.6 is 0 Å². The molecule has 0 fully saturated rings. The predicted octanol–water partition coefficient (Wildman–Crippen LogP) is 2.66. The molecule has 6 nitrogen and oxygen atoms in total. The molecule has 0 amide bonds. The Kier molecular flexibility index (Phi) is 5.81. The highest BCUT2D eigenvalue weighted by Crippen LogP contribution is 2.20. The van der Waals surface area contributed by atoms with Crippen molar-refractivity contribution in [2.45, 2.75) is 23.6 Å². The van der Waals surface area contributed by atoms with E-state index < -0.39 is 25.9 Å². The third-order valence-corrected chi connectivity index (χ3v) is 7.02. The molecule has 9 heteroatoms. The van der Waals surface area contributed by atoms with Gasteiger partial charge in [0.15, 0.2) is 0 Å². The van der Waals surface area contributed by atoms with Gasteiger partial charge in [0.25, 0.3) is 10.0 Å². The van der Waals surface area contributed by atoms with Crippen LogP contribution in [0.3, 0.4) is 0 Å². The number of benzene rings is 2. The van der Waals surface area contributed by atoms with Crippen molar-refractivity contribution < 1.29 is 21.2 Å². The van der Waals surface area contributed by atoms with Gasteiger partial charge in [-0.15, -0.1) is 0 Å². The van der Waals surface area contributed by atoms with Gasteiger partial charge in [0.05, 0.1) is 15.5 Å². The summed E-state index contributed by atoms with van der Waals surface area (Å²) >= 11 is 0. The topological polar surface area (TPSA) is 83.6 Å². The van der Waals surface area contributed by atoms with Crippen molar-refractivity contribution in [1.82, 2.24) is 4.31 Å². The number of hydrogen-bond acceptors (Lipinski definition) is 4. The first-order valence-electron chi connectivity index (χ1n) is 7.59. The molecule has 0 saturated heterocycles. The fraction of sp³-hybridized carbons (Fsp3) is 0.250. The van der Waals surface area contributed by atoms with Crippen LogP contribution in [-0.2, 0) is 20.0 Å². The lowest BCUT2D eigenvalue weighted by Gasteiger charge is -2.18. The quantitative estimate of drug-likeness (QED) is 0.793. The van der Waals surface area contributed by atoms with Crippen molar-refractivity contribution in [1.29, 1.82) is 0 Å². The molecule has 0 unspecified atom stereocenters. The molecule has 136 valence electrons.